The summed E-state index contributed by atoms with van der Waals surface area (Å²) < 4.78 is 9.91. The molecule has 0 N–H and O–H groups in total. The molecular weight excluding hydrogens is 190 g/mol. The summed E-state index contributed by atoms with van der Waals surface area (Å²) in [7, 11) is 0. The van der Waals surface area contributed by atoms with Crippen molar-refractivity contribution in [1.29, 1.82) is 0 Å². The Bertz CT molecular complexity index is 159. The molecule has 1 aliphatic heterocycles. The van der Waals surface area contributed by atoms with Crippen molar-refractivity contribution in [3.63, 3.8) is 0 Å². The molecule has 0 aromatic heterocycles. The quantitative estimate of drug-likeness (QED) is 0.418. The highest BCUT2D eigenvalue weighted by molar-refractivity contribution is 7.96. The van der Waals surface area contributed by atoms with Gasteiger partial charge < -0.3 is 9.47 Å². The van der Waals surface area contributed by atoms with Gasteiger partial charge in [0.15, 0.2) is 0 Å². The van der Waals surface area contributed by atoms with Gasteiger partial charge >= 0.3 is 5.30 Å². The van der Waals surface area contributed by atoms with Gasteiger partial charge in [-0.15, -0.1) is 0 Å². The van der Waals surface area contributed by atoms with Gasteiger partial charge in [-0.1, -0.05) is 12.6 Å². The molecule has 76 valence electrons. The molecule has 4 nitrogen and oxygen atoms in total. The van der Waals surface area contributed by atoms with Gasteiger partial charge in [0.25, 0.3) is 0 Å². The van der Waals surface area contributed by atoms with Gasteiger partial charge in [-0.25, -0.2) is 4.79 Å². The summed E-state index contributed by atoms with van der Waals surface area (Å²) in [6.07, 6.45) is 0.867. The fourth-order valence-corrected chi connectivity index (χ4v) is 1.36. The monoisotopic (exact) mass is 205 g/mol. The third-order valence-corrected chi connectivity index (χ3v) is 2.08. The molecule has 1 fully saturated rings. The Morgan fingerprint density at radius 3 is 2.77 bits per heavy atom. The van der Waals surface area contributed by atoms with Crippen molar-refractivity contribution in [3.8, 4) is 0 Å². The second-order valence-corrected chi connectivity index (χ2v) is 3.29. The summed E-state index contributed by atoms with van der Waals surface area (Å²) >= 11 is 3.50. The van der Waals surface area contributed by atoms with E-state index < -0.39 is 5.30 Å². The van der Waals surface area contributed by atoms with Crippen LogP contribution in [0, 0.1) is 0 Å². The maximum atomic E-state index is 10.3. The van der Waals surface area contributed by atoms with Crippen molar-refractivity contribution in [2.75, 3.05) is 39.5 Å². The summed E-state index contributed by atoms with van der Waals surface area (Å²) in [4.78, 5) is 12.6. The van der Waals surface area contributed by atoms with Crippen LogP contribution >= 0.6 is 12.6 Å². The van der Waals surface area contributed by atoms with Crippen LogP contribution in [-0.4, -0.2) is 49.7 Å². The van der Waals surface area contributed by atoms with Crippen LogP contribution in [0.3, 0.4) is 0 Å². The SMILES string of the molecule is O=C(S)OCCCN1CCOCC1. The topological polar surface area (TPSA) is 38.8 Å². The summed E-state index contributed by atoms with van der Waals surface area (Å²) in [5.41, 5.74) is 0. The van der Waals surface area contributed by atoms with E-state index >= 15 is 0 Å². The highest BCUT2D eigenvalue weighted by atomic mass is 32.1. The van der Waals surface area contributed by atoms with Gasteiger partial charge in [-0.3, -0.25) is 4.90 Å². The summed E-state index contributed by atoms with van der Waals surface area (Å²) in [5, 5.41) is -0.498. The van der Waals surface area contributed by atoms with Crippen LogP contribution in [0.1, 0.15) is 6.42 Å². The minimum atomic E-state index is -0.498. The van der Waals surface area contributed by atoms with Crippen molar-refractivity contribution in [3.05, 3.63) is 0 Å². The molecule has 0 amide bonds. The van der Waals surface area contributed by atoms with Gasteiger partial charge in [0.1, 0.15) is 0 Å². The van der Waals surface area contributed by atoms with Gasteiger partial charge in [-0.2, -0.15) is 0 Å². The lowest BCUT2D eigenvalue weighted by molar-refractivity contribution is 0.0350. The van der Waals surface area contributed by atoms with E-state index in [-0.39, 0.29) is 0 Å². The zero-order valence-corrected chi connectivity index (χ0v) is 8.46. The normalized spacial score (nSPS) is 18.5. The molecule has 0 spiro atoms. The fraction of sp³-hybridized carbons (Fsp3) is 0.875. The molecule has 0 radical (unpaired) electrons. The van der Waals surface area contributed by atoms with E-state index in [2.05, 4.69) is 17.5 Å². The van der Waals surface area contributed by atoms with Crippen LogP contribution in [0.15, 0.2) is 0 Å². The Morgan fingerprint density at radius 2 is 2.15 bits per heavy atom. The molecule has 0 unspecified atom stereocenters. The minimum Gasteiger partial charge on any atom is -0.458 e. The number of thiol groups is 1. The average molecular weight is 205 g/mol. The second-order valence-electron chi connectivity index (χ2n) is 2.92. The van der Waals surface area contributed by atoms with E-state index in [4.69, 9.17) is 9.47 Å². The lowest BCUT2D eigenvalue weighted by Crippen LogP contribution is -2.37. The molecule has 5 heteroatoms. The summed E-state index contributed by atoms with van der Waals surface area (Å²) in [6.45, 7) is 5.01. The van der Waals surface area contributed by atoms with E-state index in [0.717, 1.165) is 39.3 Å². The molecule has 1 saturated heterocycles. The number of ether oxygens (including phenoxy) is 2. The predicted octanol–water partition coefficient (Wildman–Crippen LogP) is 0.775. The second kappa shape index (κ2) is 6.23. The highest BCUT2D eigenvalue weighted by Crippen LogP contribution is 1.98. The number of nitrogens with zero attached hydrogens (tertiary/aromatic N) is 1. The molecule has 0 aromatic rings. The van der Waals surface area contributed by atoms with Crippen LogP contribution in [0.25, 0.3) is 0 Å². The Morgan fingerprint density at radius 1 is 1.46 bits per heavy atom. The van der Waals surface area contributed by atoms with Crippen molar-refractivity contribution in [2.24, 2.45) is 0 Å². The molecule has 1 rings (SSSR count). The van der Waals surface area contributed by atoms with Crippen LogP contribution in [0.4, 0.5) is 4.79 Å². The zero-order chi connectivity index (χ0) is 9.52. The van der Waals surface area contributed by atoms with Gasteiger partial charge in [0, 0.05) is 19.6 Å². The third-order valence-electron chi connectivity index (χ3n) is 1.95. The summed E-state index contributed by atoms with van der Waals surface area (Å²) in [6, 6.07) is 0. The van der Waals surface area contributed by atoms with Crippen molar-refractivity contribution < 1.29 is 14.3 Å². The van der Waals surface area contributed by atoms with Crippen molar-refractivity contribution >= 4 is 17.9 Å². The number of hydrogen-bond acceptors (Lipinski definition) is 4. The lowest BCUT2D eigenvalue weighted by Gasteiger charge is -2.26. The van der Waals surface area contributed by atoms with Crippen molar-refractivity contribution in [1.82, 2.24) is 4.90 Å². The molecule has 0 bridgehead atoms. The first-order valence-electron chi connectivity index (χ1n) is 4.45. The lowest BCUT2D eigenvalue weighted by atomic mass is 10.3. The van der Waals surface area contributed by atoms with E-state index in [1.165, 1.54) is 0 Å². The third kappa shape index (κ3) is 5.13. The Hall–Kier alpha value is -0.260. The number of rotatable bonds is 4. The fourth-order valence-electron chi connectivity index (χ4n) is 1.27. The van der Waals surface area contributed by atoms with E-state index in [9.17, 15) is 4.79 Å². The largest absolute Gasteiger partial charge is 0.458 e. The molecule has 0 atom stereocenters. The van der Waals surface area contributed by atoms with E-state index in [0.29, 0.717) is 6.61 Å². The minimum absolute atomic E-state index is 0.458. The number of hydrogen-bond donors (Lipinski definition) is 1. The standard InChI is InChI=1S/C8H15NO3S/c10-8(13)12-5-1-2-9-3-6-11-7-4-9/h1-7H2,(H,10,13). The molecule has 1 heterocycles. The molecule has 0 aromatic carbocycles. The zero-order valence-electron chi connectivity index (χ0n) is 7.57. The molecule has 13 heavy (non-hydrogen) atoms. The first-order valence-corrected chi connectivity index (χ1v) is 4.89. The molecular formula is C8H15NO3S. The van der Waals surface area contributed by atoms with Gasteiger partial charge in [0.2, 0.25) is 0 Å². The van der Waals surface area contributed by atoms with Crippen LogP contribution in [0.2, 0.25) is 0 Å². The maximum absolute atomic E-state index is 10.3. The molecule has 1 aliphatic rings. The molecule has 0 aliphatic carbocycles. The van der Waals surface area contributed by atoms with Crippen molar-refractivity contribution in [2.45, 2.75) is 6.42 Å². The molecule has 0 saturated carbocycles. The Balaban J connectivity index is 1.95. The van der Waals surface area contributed by atoms with E-state index in [1.54, 1.807) is 0 Å². The van der Waals surface area contributed by atoms with Gasteiger partial charge in [0.05, 0.1) is 19.8 Å². The van der Waals surface area contributed by atoms with Gasteiger partial charge in [-0.05, 0) is 6.42 Å². The number of carbonyl (C=O) groups excluding carboxylic acids is 1. The Kier molecular flexibility index (Phi) is 5.19. The van der Waals surface area contributed by atoms with Crippen LogP contribution < -0.4 is 0 Å². The average Bonchev–Trinajstić information content (AvgIpc) is 2.14. The van der Waals surface area contributed by atoms with Crippen LogP contribution in [-0.2, 0) is 9.47 Å². The first-order chi connectivity index (χ1) is 6.29. The number of carbonyl (C=O) groups is 1. The van der Waals surface area contributed by atoms with E-state index in [1.807, 2.05) is 0 Å². The first kappa shape index (κ1) is 10.8. The Labute approximate surface area is 83.6 Å². The van der Waals surface area contributed by atoms with Crippen LogP contribution in [0.5, 0.6) is 0 Å². The predicted molar refractivity (Wildman–Crippen MR) is 52.2 cm³/mol. The highest BCUT2D eigenvalue weighted by Gasteiger charge is 2.09. The maximum Gasteiger partial charge on any atom is 0.364 e. The summed E-state index contributed by atoms with van der Waals surface area (Å²) in [5.74, 6) is 0. The number of morpholine rings is 1. The smallest absolute Gasteiger partial charge is 0.364 e.